The molecule has 2 N–H and O–H groups in total. The molecule has 3 aliphatic rings. The summed E-state index contributed by atoms with van der Waals surface area (Å²) in [7, 11) is 0.676. The first kappa shape index (κ1) is 22.8. The standard InChI is InChI=1S/C20H28O2.C4H11NOS/c1-21-18-7-9-20(10-8-18)12-16-5-6-19(11-17(16)13-20)22-14-15-3-2-4-15;1-4(2,3)7(5)6/h5-6,11,15,18H,2-4,7-10,12-14H2,1H3;5H2,1-3H3. The smallest absolute Gasteiger partial charge is 0.119 e. The van der Waals surface area contributed by atoms with Crippen LogP contribution in [0.1, 0.15) is 76.8 Å². The molecule has 5 heteroatoms. The molecule has 2 fully saturated rings. The van der Waals surface area contributed by atoms with Gasteiger partial charge in [0.15, 0.2) is 0 Å². The summed E-state index contributed by atoms with van der Waals surface area (Å²) in [5.74, 6) is 1.90. The van der Waals surface area contributed by atoms with E-state index in [4.69, 9.17) is 14.6 Å². The molecule has 3 aliphatic carbocycles. The van der Waals surface area contributed by atoms with Crippen molar-refractivity contribution in [2.45, 2.75) is 89.4 Å². The highest BCUT2D eigenvalue weighted by molar-refractivity contribution is 7.84. The predicted octanol–water partition coefficient (Wildman–Crippen LogP) is 4.95. The Morgan fingerprint density at radius 3 is 2.24 bits per heavy atom. The van der Waals surface area contributed by atoms with Gasteiger partial charge >= 0.3 is 0 Å². The normalized spacial score (nSPS) is 27.6. The molecule has 1 unspecified atom stereocenters. The van der Waals surface area contributed by atoms with Gasteiger partial charge in [0, 0.05) is 7.11 Å². The molecule has 0 radical (unpaired) electrons. The van der Waals surface area contributed by atoms with Crippen molar-refractivity contribution in [3.63, 3.8) is 0 Å². The SMILES string of the molecule is CC(C)(C)S(N)=O.COC1CCC2(CC1)Cc1ccc(OCC3CCC3)cc1C2. The fourth-order valence-electron chi connectivity index (χ4n) is 4.57. The van der Waals surface area contributed by atoms with Gasteiger partial charge in [-0.25, -0.2) is 4.21 Å². The van der Waals surface area contributed by atoms with Crippen LogP contribution >= 0.6 is 0 Å². The van der Waals surface area contributed by atoms with Crippen molar-refractivity contribution >= 4 is 11.0 Å². The molecular weight excluding hydrogens is 382 g/mol. The van der Waals surface area contributed by atoms with Gasteiger partial charge in [0.05, 0.1) is 28.4 Å². The molecule has 0 aliphatic heterocycles. The van der Waals surface area contributed by atoms with Gasteiger partial charge in [0.2, 0.25) is 0 Å². The third-order valence-corrected chi connectivity index (χ3v) is 8.16. The fourth-order valence-corrected chi connectivity index (χ4v) is 4.57. The van der Waals surface area contributed by atoms with Crippen LogP contribution in [0.3, 0.4) is 0 Å². The van der Waals surface area contributed by atoms with Crippen molar-refractivity contribution in [3.05, 3.63) is 29.3 Å². The van der Waals surface area contributed by atoms with Crippen LogP contribution in [0.25, 0.3) is 0 Å². The zero-order valence-corrected chi connectivity index (χ0v) is 19.5. The minimum Gasteiger partial charge on any atom is -0.493 e. The number of methoxy groups -OCH3 is 1. The van der Waals surface area contributed by atoms with Gasteiger partial charge in [-0.1, -0.05) is 12.5 Å². The van der Waals surface area contributed by atoms with E-state index >= 15 is 0 Å². The first-order valence-electron chi connectivity index (χ1n) is 11.1. The Morgan fingerprint density at radius 1 is 1.10 bits per heavy atom. The van der Waals surface area contributed by atoms with Gasteiger partial charge in [-0.15, -0.1) is 0 Å². The van der Waals surface area contributed by atoms with E-state index < -0.39 is 11.0 Å². The van der Waals surface area contributed by atoms with E-state index in [9.17, 15) is 4.21 Å². The summed E-state index contributed by atoms with van der Waals surface area (Å²) in [6.07, 6.45) is 12.2. The van der Waals surface area contributed by atoms with Crippen LogP contribution in [0.15, 0.2) is 18.2 Å². The third-order valence-electron chi connectivity index (χ3n) is 6.95. The zero-order chi connectivity index (χ0) is 21.1. The predicted molar refractivity (Wildman–Crippen MR) is 120 cm³/mol. The molecular formula is C24H39NO3S. The van der Waals surface area contributed by atoms with Crippen molar-refractivity contribution in [1.82, 2.24) is 0 Å². The average Bonchev–Trinajstić information content (AvgIpc) is 2.98. The Labute approximate surface area is 179 Å². The largest absolute Gasteiger partial charge is 0.493 e. The lowest BCUT2D eigenvalue weighted by Gasteiger charge is -2.36. The maximum absolute atomic E-state index is 10.4. The highest BCUT2D eigenvalue weighted by Gasteiger charge is 2.40. The van der Waals surface area contributed by atoms with E-state index in [-0.39, 0.29) is 4.75 Å². The van der Waals surface area contributed by atoms with E-state index in [1.54, 1.807) is 11.1 Å². The summed E-state index contributed by atoms with van der Waals surface area (Å²) in [5.41, 5.74) is 3.62. The molecule has 0 bridgehead atoms. The third kappa shape index (κ3) is 6.05. The number of hydrogen-bond donors (Lipinski definition) is 1. The van der Waals surface area contributed by atoms with Crippen molar-refractivity contribution in [3.8, 4) is 5.75 Å². The number of hydrogen-bond acceptors (Lipinski definition) is 3. The first-order valence-corrected chi connectivity index (χ1v) is 12.4. The lowest BCUT2D eigenvalue weighted by atomic mass is 9.71. The number of nitrogens with two attached hydrogens (primary N) is 1. The van der Waals surface area contributed by atoms with Crippen LogP contribution < -0.4 is 9.88 Å². The van der Waals surface area contributed by atoms with Gasteiger partial charge in [-0.05, 0) is 107 Å². The van der Waals surface area contributed by atoms with Gasteiger partial charge in [-0.3, -0.25) is 5.14 Å². The van der Waals surface area contributed by atoms with Crippen molar-refractivity contribution in [1.29, 1.82) is 0 Å². The van der Waals surface area contributed by atoms with Crippen LogP contribution in [0.2, 0.25) is 0 Å². The average molecular weight is 422 g/mol. The van der Waals surface area contributed by atoms with Crippen LogP contribution in [0, 0.1) is 11.3 Å². The van der Waals surface area contributed by atoms with Crippen molar-refractivity contribution in [2.75, 3.05) is 13.7 Å². The van der Waals surface area contributed by atoms with Crippen LogP contribution in [-0.4, -0.2) is 28.8 Å². The van der Waals surface area contributed by atoms with E-state index in [0.717, 1.165) is 18.3 Å². The molecule has 4 rings (SSSR count). The Bertz CT molecular complexity index is 701. The summed E-state index contributed by atoms with van der Waals surface area (Å²) in [5, 5.41) is 5.04. The fraction of sp³-hybridized carbons (Fsp3) is 0.750. The molecule has 1 spiro atoms. The second kappa shape index (κ2) is 9.49. The molecule has 4 nitrogen and oxygen atoms in total. The Hall–Kier alpha value is -0.910. The molecule has 1 aromatic rings. The van der Waals surface area contributed by atoms with Crippen LogP contribution in [0.4, 0.5) is 0 Å². The van der Waals surface area contributed by atoms with Gasteiger partial charge < -0.3 is 9.47 Å². The Morgan fingerprint density at radius 2 is 1.72 bits per heavy atom. The van der Waals surface area contributed by atoms with Crippen molar-refractivity contribution < 1.29 is 13.7 Å². The topological polar surface area (TPSA) is 61.6 Å². The Kier molecular flexibility index (Phi) is 7.45. The quantitative estimate of drug-likeness (QED) is 0.748. The molecule has 29 heavy (non-hydrogen) atoms. The van der Waals surface area contributed by atoms with Gasteiger partial charge in [0.1, 0.15) is 5.75 Å². The van der Waals surface area contributed by atoms with Gasteiger partial charge in [-0.2, -0.15) is 0 Å². The summed E-state index contributed by atoms with van der Waals surface area (Å²) in [6, 6.07) is 6.84. The molecule has 2 saturated carbocycles. The van der Waals surface area contributed by atoms with E-state index in [2.05, 4.69) is 18.2 Å². The zero-order valence-electron chi connectivity index (χ0n) is 18.7. The second-order valence-corrected chi connectivity index (χ2v) is 12.1. The number of benzene rings is 1. The molecule has 1 atom stereocenters. The highest BCUT2D eigenvalue weighted by Crippen LogP contribution is 2.48. The second-order valence-electron chi connectivity index (χ2n) is 10.2. The van der Waals surface area contributed by atoms with Gasteiger partial charge in [0.25, 0.3) is 0 Å². The molecule has 164 valence electrons. The van der Waals surface area contributed by atoms with E-state index in [0.29, 0.717) is 11.5 Å². The summed E-state index contributed by atoms with van der Waals surface area (Å²) >= 11 is 0. The molecule has 1 aromatic carbocycles. The Balaban J connectivity index is 0.000000298. The van der Waals surface area contributed by atoms with Crippen LogP contribution in [-0.2, 0) is 28.6 Å². The summed E-state index contributed by atoms with van der Waals surface area (Å²) in [6.45, 7) is 6.43. The highest BCUT2D eigenvalue weighted by atomic mass is 32.2. The summed E-state index contributed by atoms with van der Waals surface area (Å²) in [4.78, 5) is 0. The molecule has 0 amide bonds. The minimum absolute atomic E-state index is 0.250. The van der Waals surface area contributed by atoms with E-state index in [1.165, 1.54) is 57.8 Å². The van der Waals surface area contributed by atoms with Crippen molar-refractivity contribution in [2.24, 2.45) is 16.5 Å². The number of ether oxygens (including phenoxy) is 2. The monoisotopic (exact) mass is 421 g/mol. The maximum Gasteiger partial charge on any atom is 0.119 e. The lowest BCUT2D eigenvalue weighted by molar-refractivity contribution is 0.0298. The number of rotatable bonds is 4. The first-order chi connectivity index (χ1) is 13.7. The minimum atomic E-state index is -1.18. The van der Waals surface area contributed by atoms with E-state index in [1.807, 2.05) is 27.9 Å². The summed E-state index contributed by atoms with van der Waals surface area (Å²) < 4.78 is 21.7. The maximum atomic E-state index is 10.4. The molecule has 0 aromatic heterocycles. The lowest BCUT2D eigenvalue weighted by Crippen LogP contribution is -2.31. The molecule has 0 heterocycles. The molecule has 0 saturated heterocycles. The van der Waals surface area contributed by atoms with Crippen LogP contribution in [0.5, 0.6) is 5.75 Å². The number of fused-ring (bicyclic) bond motifs is 1.